The van der Waals surface area contributed by atoms with Gasteiger partial charge < -0.3 is 14.2 Å². The van der Waals surface area contributed by atoms with Gasteiger partial charge in [0.2, 0.25) is 0 Å². The second-order valence-corrected chi connectivity index (χ2v) is 7.25. The van der Waals surface area contributed by atoms with Gasteiger partial charge in [-0.15, -0.1) is 0 Å². The normalized spacial score (nSPS) is 11.2. The molecule has 0 aliphatic rings. The number of ether oxygens (including phenoxy) is 3. The molecule has 26 heavy (non-hydrogen) atoms. The van der Waals surface area contributed by atoms with Crippen molar-refractivity contribution in [2.24, 2.45) is 0 Å². The molecule has 0 aliphatic heterocycles. The molecule has 0 aliphatic carbocycles. The van der Waals surface area contributed by atoms with Crippen LogP contribution < -0.4 is 14.2 Å². The number of rotatable bonds is 6. The highest BCUT2D eigenvalue weighted by molar-refractivity contribution is 7.90. The zero-order valence-corrected chi connectivity index (χ0v) is 15.5. The van der Waals surface area contributed by atoms with E-state index < -0.39 is 10.0 Å². The van der Waals surface area contributed by atoms with Gasteiger partial charge in [0, 0.05) is 11.8 Å². The number of hydrogen-bond acceptors (Lipinski definition) is 5. The summed E-state index contributed by atoms with van der Waals surface area (Å²) in [5.41, 5.74) is 1.23. The minimum absolute atomic E-state index is 0.177. The van der Waals surface area contributed by atoms with E-state index in [1.54, 1.807) is 49.6 Å². The van der Waals surface area contributed by atoms with Crippen molar-refractivity contribution in [3.63, 3.8) is 0 Å². The molecule has 1 aromatic heterocycles. The van der Waals surface area contributed by atoms with E-state index in [1.165, 1.54) is 36.5 Å². The topological polar surface area (TPSA) is 66.8 Å². The lowest BCUT2D eigenvalue weighted by atomic mass is 10.1. The van der Waals surface area contributed by atoms with Crippen LogP contribution in [0.15, 0.2) is 65.7 Å². The van der Waals surface area contributed by atoms with Gasteiger partial charge in [0.05, 0.1) is 31.9 Å². The fourth-order valence-corrected chi connectivity index (χ4v) is 4.02. The molecular weight excluding hydrogens is 354 g/mol. The molecule has 0 spiro atoms. The lowest BCUT2D eigenvalue weighted by Gasteiger charge is -2.13. The van der Waals surface area contributed by atoms with E-state index in [4.69, 9.17) is 14.2 Å². The highest BCUT2D eigenvalue weighted by Gasteiger charge is 2.20. The third kappa shape index (κ3) is 3.13. The summed E-state index contributed by atoms with van der Waals surface area (Å²) < 4.78 is 42.9. The first-order valence-electron chi connectivity index (χ1n) is 7.80. The van der Waals surface area contributed by atoms with Crippen molar-refractivity contribution in [1.82, 2.24) is 3.97 Å². The van der Waals surface area contributed by atoms with Gasteiger partial charge in [0.15, 0.2) is 11.5 Å². The summed E-state index contributed by atoms with van der Waals surface area (Å²) in [6.07, 6.45) is 1.52. The van der Waals surface area contributed by atoms with Crippen LogP contribution in [-0.2, 0) is 10.0 Å². The van der Waals surface area contributed by atoms with Gasteiger partial charge >= 0.3 is 0 Å². The molecule has 3 rings (SSSR count). The van der Waals surface area contributed by atoms with Crippen LogP contribution in [0.3, 0.4) is 0 Å². The SMILES string of the molecule is COc1ccc(S(=O)(=O)n2cccc2-c2ccc(OC)c(OC)c2)cc1. The zero-order chi connectivity index (χ0) is 18.7. The largest absolute Gasteiger partial charge is 0.497 e. The van der Waals surface area contributed by atoms with Gasteiger partial charge in [-0.3, -0.25) is 0 Å². The Hall–Kier alpha value is -2.93. The van der Waals surface area contributed by atoms with Crippen LogP contribution in [0.5, 0.6) is 17.2 Å². The van der Waals surface area contributed by atoms with E-state index >= 15 is 0 Å². The third-order valence-electron chi connectivity index (χ3n) is 4.01. The van der Waals surface area contributed by atoms with Crippen LogP contribution in [0.2, 0.25) is 0 Å². The molecule has 6 nitrogen and oxygen atoms in total. The Morgan fingerprint density at radius 3 is 2.12 bits per heavy atom. The summed E-state index contributed by atoms with van der Waals surface area (Å²) in [6, 6.07) is 15.0. The molecule has 0 bridgehead atoms. The van der Waals surface area contributed by atoms with Crippen molar-refractivity contribution in [3.8, 4) is 28.5 Å². The predicted octanol–water partition coefficient (Wildman–Crippen LogP) is 3.42. The molecule has 0 unspecified atom stereocenters. The number of methoxy groups -OCH3 is 3. The molecule has 0 amide bonds. The predicted molar refractivity (Wildman–Crippen MR) is 98.5 cm³/mol. The lowest BCUT2D eigenvalue weighted by Crippen LogP contribution is -2.13. The van der Waals surface area contributed by atoms with Gasteiger partial charge in [-0.25, -0.2) is 12.4 Å². The molecule has 0 saturated heterocycles. The Kier molecular flexibility index (Phi) is 4.90. The lowest BCUT2D eigenvalue weighted by molar-refractivity contribution is 0.355. The summed E-state index contributed by atoms with van der Waals surface area (Å²) in [4.78, 5) is 0.177. The molecule has 7 heteroatoms. The second kappa shape index (κ2) is 7.13. The summed E-state index contributed by atoms with van der Waals surface area (Å²) in [6.45, 7) is 0. The molecule has 0 radical (unpaired) electrons. The molecule has 0 fully saturated rings. The average Bonchev–Trinajstić information content (AvgIpc) is 3.18. The highest BCUT2D eigenvalue weighted by atomic mass is 32.2. The quantitative estimate of drug-likeness (QED) is 0.662. The molecule has 136 valence electrons. The smallest absolute Gasteiger partial charge is 0.268 e. The highest BCUT2D eigenvalue weighted by Crippen LogP contribution is 2.33. The minimum Gasteiger partial charge on any atom is -0.497 e. The Morgan fingerprint density at radius 1 is 0.808 bits per heavy atom. The van der Waals surface area contributed by atoms with Gasteiger partial charge in [-0.05, 0) is 54.6 Å². The Balaban J connectivity index is 2.08. The summed E-state index contributed by atoms with van der Waals surface area (Å²) in [5.74, 6) is 1.70. The number of nitrogens with zero attached hydrogens (tertiary/aromatic N) is 1. The molecule has 1 heterocycles. The van der Waals surface area contributed by atoms with Crippen molar-refractivity contribution in [3.05, 3.63) is 60.8 Å². The minimum atomic E-state index is -3.75. The van der Waals surface area contributed by atoms with E-state index in [-0.39, 0.29) is 4.90 Å². The van der Waals surface area contributed by atoms with Gasteiger partial charge in [0.1, 0.15) is 5.75 Å². The van der Waals surface area contributed by atoms with Gasteiger partial charge in [-0.1, -0.05) is 0 Å². The number of hydrogen-bond donors (Lipinski definition) is 0. The van der Waals surface area contributed by atoms with Crippen molar-refractivity contribution < 1.29 is 22.6 Å². The van der Waals surface area contributed by atoms with Gasteiger partial charge in [0.25, 0.3) is 10.0 Å². The van der Waals surface area contributed by atoms with E-state index in [0.29, 0.717) is 28.5 Å². The average molecular weight is 373 g/mol. The first kappa shape index (κ1) is 17.9. The number of benzene rings is 2. The fourth-order valence-electron chi connectivity index (χ4n) is 2.66. The van der Waals surface area contributed by atoms with Crippen LogP contribution in [0, 0.1) is 0 Å². The fraction of sp³-hybridized carbons (Fsp3) is 0.158. The van der Waals surface area contributed by atoms with Gasteiger partial charge in [-0.2, -0.15) is 0 Å². The second-order valence-electron chi connectivity index (χ2n) is 5.44. The third-order valence-corrected chi connectivity index (χ3v) is 5.71. The Morgan fingerprint density at radius 2 is 1.50 bits per heavy atom. The van der Waals surface area contributed by atoms with Crippen LogP contribution in [0.1, 0.15) is 0 Å². The van der Waals surface area contributed by atoms with E-state index in [2.05, 4.69) is 0 Å². The van der Waals surface area contributed by atoms with Crippen LogP contribution >= 0.6 is 0 Å². The monoisotopic (exact) mass is 373 g/mol. The molecule has 3 aromatic rings. The Labute approximate surface area is 152 Å². The number of aromatic nitrogens is 1. The summed E-state index contributed by atoms with van der Waals surface area (Å²) >= 11 is 0. The van der Waals surface area contributed by atoms with Crippen LogP contribution in [0.25, 0.3) is 11.3 Å². The standard InChI is InChI=1S/C19H19NO5S/c1-23-15-7-9-16(10-8-15)26(21,22)20-12-4-5-17(20)14-6-11-18(24-2)19(13-14)25-3/h4-13H,1-3H3. The van der Waals surface area contributed by atoms with Crippen molar-refractivity contribution >= 4 is 10.0 Å². The summed E-state index contributed by atoms with van der Waals surface area (Å²) in [5, 5.41) is 0. The maximum atomic E-state index is 13.0. The van der Waals surface area contributed by atoms with Crippen molar-refractivity contribution in [1.29, 1.82) is 0 Å². The first-order valence-corrected chi connectivity index (χ1v) is 9.24. The maximum absolute atomic E-state index is 13.0. The van der Waals surface area contributed by atoms with E-state index in [0.717, 1.165) is 0 Å². The maximum Gasteiger partial charge on any atom is 0.268 e. The van der Waals surface area contributed by atoms with Crippen molar-refractivity contribution in [2.45, 2.75) is 4.90 Å². The van der Waals surface area contributed by atoms with E-state index in [9.17, 15) is 8.42 Å². The molecule has 0 N–H and O–H groups in total. The van der Waals surface area contributed by atoms with E-state index in [1.807, 2.05) is 0 Å². The molecule has 0 saturated carbocycles. The van der Waals surface area contributed by atoms with Crippen molar-refractivity contribution in [2.75, 3.05) is 21.3 Å². The Bertz CT molecular complexity index is 1010. The summed E-state index contributed by atoms with van der Waals surface area (Å²) in [7, 11) is 0.873. The molecule has 2 aromatic carbocycles. The zero-order valence-electron chi connectivity index (χ0n) is 14.7. The van der Waals surface area contributed by atoms with Crippen LogP contribution in [0.4, 0.5) is 0 Å². The first-order chi connectivity index (χ1) is 12.5. The molecule has 0 atom stereocenters. The van der Waals surface area contributed by atoms with Crippen LogP contribution in [-0.4, -0.2) is 33.7 Å². The molecular formula is C19H19NO5S.